The molecule has 1 N–H and O–H groups in total. The standard InChI is InChI=1S/C14H24N4O2S/c1-11-16-14(10-17(11)2)21(19,20)18-9-3-4-13(18)12-5-7-15-8-6-12/h10,12-13,15H,3-9H2,1-2H3. The van der Waals surface area contributed by atoms with E-state index in [1.807, 2.05) is 14.0 Å². The van der Waals surface area contributed by atoms with Gasteiger partial charge in [0.15, 0.2) is 5.03 Å². The van der Waals surface area contributed by atoms with Crippen LogP contribution in [0.25, 0.3) is 0 Å². The van der Waals surface area contributed by atoms with Gasteiger partial charge >= 0.3 is 0 Å². The van der Waals surface area contributed by atoms with Crippen molar-refractivity contribution < 1.29 is 8.42 Å². The summed E-state index contributed by atoms with van der Waals surface area (Å²) in [6.07, 6.45) is 5.70. The highest BCUT2D eigenvalue weighted by molar-refractivity contribution is 7.89. The fourth-order valence-corrected chi connectivity index (χ4v) is 5.32. The number of imidazole rings is 1. The van der Waals surface area contributed by atoms with Gasteiger partial charge in [0.2, 0.25) is 0 Å². The summed E-state index contributed by atoms with van der Waals surface area (Å²) in [6.45, 7) is 4.45. The molecule has 0 spiro atoms. The van der Waals surface area contributed by atoms with Gasteiger partial charge in [-0.2, -0.15) is 4.31 Å². The maximum atomic E-state index is 12.9. The van der Waals surface area contributed by atoms with Crippen molar-refractivity contribution in [2.24, 2.45) is 13.0 Å². The van der Waals surface area contributed by atoms with Crippen LogP contribution in [-0.2, 0) is 17.1 Å². The summed E-state index contributed by atoms with van der Waals surface area (Å²) in [5.41, 5.74) is 0. The highest BCUT2D eigenvalue weighted by Gasteiger charge is 2.40. The zero-order valence-corrected chi connectivity index (χ0v) is 13.6. The van der Waals surface area contributed by atoms with Crippen LogP contribution in [0.5, 0.6) is 0 Å². The van der Waals surface area contributed by atoms with Gasteiger partial charge in [-0.25, -0.2) is 13.4 Å². The van der Waals surface area contributed by atoms with E-state index in [9.17, 15) is 8.42 Å². The van der Waals surface area contributed by atoms with Crippen LogP contribution in [0.2, 0.25) is 0 Å². The molecule has 2 saturated heterocycles. The number of aryl methyl sites for hydroxylation is 2. The topological polar surface area (TPSA) is 67.2 Å². The Balaban J connectivity index is 1.86. The first kappa shape index (κ1) is 15.0. The Kier molecular flexibility index (Phi) is 4.07. The third-order valence-electron chi connectivity index (χ3n) is 4.84. The number of nitrogens with one attached hydrogen (secondary N) is 1. The predicted molar refractivity (Wildman–Crippen MR) is 80.5 cm³/mol. The molecule has 1 atom stereocenters. The second-order valence-electron chi connectivity index (χ2n) is 6.15. The minimum atomic E-state index is -3.46. The largest absolute Gasteiger partial charge is 0.337 e. The lowest BCUT2D eigenvalue weighted by atomic mass is 9.89. The summed E-state index contributed by atoms with van der Waals surface area (Å²) in [5, 5.41) is 3.55. The Morgan fingerprint density at radius 1 is 1.29 bits per heavy atom. The molecule has 2 fully saturated rings. The molecule has 3 heterocycles. The molecular formula is C14H24N4O2S. The number of piperidine rings is 1. The summed E-state index contributed by atoms with van der Waals surface area (Å²) < 4.78 is 29.3. The fraction of sp³-hybridized carbons (Fsp3) is 0.786. The van der Waals surface area contributed by atoms with Gasteiger partial charge in [-0.1, -0.05) is 0 Å². The van der Waals surface area contributed by atoms with Crippen molar-refractivity contribution in [1.82, 2.24) is 19.2 Å². The number of rotatable bonds is 3. The monoisotopic (exact) mass is 312 g/mol. The van der Waals surface area contributed by atoms with E-state index in [1.165, 1.54) is 0 Å². The first-order valence-corrected chi connectivity index (χ1v) is 9.16. The van der Waals surface area contributed by atoms with Crippen LogP contribution >= 0.6 is 0 Å². The van der Waals surface area contributed by atoms with Gasteiger partial charge < -0.3 is 9.88 Å². The Morgan fingerprint density at radius 2 is 2.00 bits per heavy atom. The molecule has 1 aromatic rings. The average molecular weight is 312 g/mol. The van der Waals surface area contributed by atoms with Crippen LogP contribution in [0, 0.1) is 12.8 Å². The first-order chi connectivity index (χ1) is 10.00. The van der Waals surface area contributed by atoms with Crippen molar-refractivity contribution in [3.05, 3.63) is 12.0 Å². The lowest BCUT2D eigenvalue weighted by molar-refractivity contribution is 0.234. The third-order valence-corrected chi connectivity index (χ3v) is 6.63. The second kappa shape index (κ2) is 5.70. The van der Waals surface area contributed by atoms with Crippen LogP contribution in [-0.4, -0.2) is 48.0 Å². The molecule has 0 aliphatic carbocycles. The molecule has 0 amide bonds. The molecule has 6 nitrogen and oxygen atoms in total. The molecule has 2 aliphatic heterocycles. The maximum absolute atomic E-state index is 12.9. The van der Waals surface area contributed by atoms with Gasteiger partial charge in [0, 0.05) is 25.8 Å². The number of hydrogen-bond acceptors (Lipinski definition) is 4. The van der Waals surface area contributed by atoms with E-state index in [1.54, 1.807) is 15.1 Å². The molecule has 0 bridgehead atoms. The Labute approximate surface area is 126 Å². The number of aromatic nitrogens is 2. The molecule has 1 aromatic heterocycles. The van der Waals surface area contributed by atoms with Crippen molar-refractivity contribution in [3.63, 3.8) is 0 Å². The SMILES string of the molecule is Cc1nc(S(=O)(=O)N2CCCC2C2CCNCC2)cn1C. The summed E-state index contributed by atoms with van der Waals surface area (Å²) in [5.74, 6) is 1.21. The molecule has 1 unspecified atom stereocenters. The van der Waals surface area contributed by atoms with Crippen molar-refractivity contribution in [1.29, 1.82) is 0 Å². The van der Waals surface area contributed by atoms with Crippen LogP contribution in [0.4, 0.5) is 0 Å². The molecular weight excluding hydrogens is 288 g/mol. The van der Waals surface area contributed by atoms with E-state index in [0.717, 1.165) is 44.6 Å². The van der Waals surface area contributed by atoms with Crippen molar-refractivity contribution in [2.75, 3.05) is 19.6 Å². The highest BCUT2D eigenvalue weighted by atomic mass is 32.2. The maximum Gasteiger partial charge on any atom is 0.262 e. The van der Waals surface area contributed by atoms with Crippen molar-refractivity contribution in [2.45, 2.75) is 43.7 Å². The smallest absolute Gasteiger partial charge is 0.262 e. The summed E-state index contributed by atoms with van der Waals surface area (Å²) in [7, 11) is -1.63. The van der Waals surface area contributed by atoms with E-state index in [-0.39, 0.29) is 11.1 Å². The molecule has 0 radical (unpaired) electrons. The summed E-state index contributed by atoms with van der Waals surface area (Å²) >= 11 is 0. The zero-order valence-electron chi connectivity index (χ0n) is 12.7. The van der Waals surface area contributed by atoms with Gasteiger partial charge in [-0.05, 0) is 51.6 Å². The minimum Gasteiger partial charge on any atom is -0.337 e. The third kappa shape index (κ3) is 2.74. The van der Waals surface area contributed by atoms with Gasteiger partial charge in [0.1, 0.15) is 5.82 Å². The summed E-state index contributed by atoms with van der Waals surface area (Å²) in [4.78, 5) is 4.23. The van der Waals surface area contributed by atoms with Gasteiger partial charge in [0.05, 0.1) is 0 Å². The van der Waals surface area contributed by atoms with E-state index in [4.69, 9.17) is 0 Å². The van der Waals surface area contributed by atoms with Gasteiger partial charge in [0.25, 0.3) is 10.0 Å². The lowest BCUT2D eigenvalue weighted by Gasteiger charge is -2.33. The van der Waals surface area contributed by atoms with E-state index >= 15 is 0 Å². The molecule has 2 aliphatic rings. The van der Waals surface area contributed by atoms with Gasteiger partial charge in [-0.3, -0.25) is 0 Å². The molecule has 118 valence electrons. The van der Waals surface area contributed by atoms with Crippen LogP contribution < -0.4 is 5.32 Å². The van der Waals surface area contributed by atoms with Gasteiger partial charge in [-0.15, -0.1) is 0 Å². The zero-order chi connectivity index (χ0) is 15.0. The van der Waals surface area contributed by atoms with Crippen LogP contribution in [0.15, 0.2) is 11.2 Å². The van der Waals surface area contributed by atoms with E-state index < -0.39 is 10.0 Å². The predicted octanol–water partition coefficient (Wildman–Crippen LogP) is 0.881. The highest BCUT2D eigenvalue weighted by Crippen LogP contribution is 2.33. The van der Waals surface area contributed by atoms with Crippen LogP contribution in [0.3, 0.4) is 0 Å². The van der Waals surface area contributed by atoms with Crippen molar-refractivity contribution in [3.8, 4) is 0 Å². The fourth-order valence-electron chi connectivity index (χ4n) is 3.54. The quantitative estimate of drug-likeness (QED) is 0.900. The molecule has 21 heavy (non-hydrogen) atoms. The number of sulfonamides is 1. The van der Waals surface area contributed by atoms with Crippen molar-refractivity contribution >= 4 is 10.0 Å². The lowest BCUT2D eigenvalue weighted by Crippen LogP contribution is -2.43. The number of nitrogens with zero attached hydrogens (tertiary/aromatic N) is 3. The van der Waals surface area contributed by atoms with E-state index in [0.29, 0.717) is 12.5 Å². The normalized spacial score (nSPS) is 25.5. The molecule has 3 rings (SSSR count). The van der Waals surface area contributed by atoms with E-state index in [2.05, 4.69) is 10.3 Å². The van der Waals surface area contributed by atoms with Crippen LogP contribution in [0.1, 0.15) is 31.5 Å². The first-order valence-electron chi connectivity index (χ1n) is 7.72. The molecule has 0 saturated carbocycles. The molecule has 7 heteroatoms. The Bertz CT molecular complexity index is 585. The minimum absolute atomic E-state index is 0.152. The number of hydrogen-bond donors (Lipinski definition) is 1. The second-order valence-corrected chi connectivity index (χ2v) is 7.99. The average Bonchev–Trinajstić information content (AvgIpc) is 3.08. The Morgan fingerprint density at radius 3 is 2.62 bits per heavy atom. The molecule has 0 aromatic carbocycles. The Hall–Kier alpha value is -0.920. The summed E-state index contributed by atoms with van der Waals surface area (Å²) in [6, 6.07) is 0.152.